The van der Waals surface area contributed by atoms with Crippen molar-refractivity contribution in [2.45, 2.75) is 29.3 Å². The Morgan fingerprint density at radius 1 is 1.41 bits per heavy atom. The number of alkyl halides is 1. The first kappa shape index (κ1) is 24.7. The Morgan fingerprint density at radius 2 is 2.21 bits per heavy atom. The van der Waals surface area contributed by atoms with Crippen molar-refractivity contribution in [2.24, 2.45) is 0 Å². The molecule has 0 aromatic heterocycles. The molecule has 1 aromatic rings. The van der Waals surface area contributed by atoms with Crippen LogP contribution in [-0.4, -0.2) is 33.8 Å². The molecule has 0 amide bonds. The molecule has 2 rings (SSSR count). The van der Waals surface area contributed by atoms with Gasteiger partial charge in [0.1, 0.15) is 15.8 Å². The number of halogens is 3. The highest BCUT2D eigenvalue weighted by Gasteiger charge is 2.23. The van der Waals surface area contributed by atoms with Crippen molar-refractivity contribution < 1.29 is 19.4 Å². The normalized spacial score (nSPS) is 19.4. The number of hydrogen-bond donors (Lipinski definition) is 1. The standard InChI is InChI=1S/C22H21I3O4/c1-2-28-20(21(26)27)14-16-8-9-19(18(24)13-16)29-12-5-3-4-10-22(25)11-6-7-17(23)15-22/h3,5-9,11,13,20H,2,12,14-15H2,1H3,(H,26,27)/b5-3+/t20-,22?/m0/s1. The van der Waals surface area contributed by atoms with Gasteiger partial charge >= 0.3 is 5.97 Å². The summed E-state index contributed by atoms with van der Waals surface area (Å²) in [4.78, 5) is 11.2. The zero-order chi connectivity index (χ0) is 21.3. The van der Waals surface area contributed by atoms with Gasteiger partial charge in [-0.15, -0.1) is 0 Å². The smallest absolute Gasteiger partial charge is 0.333 e. The summed E-state index contributed by atoms with van der Waals surface area (Å²) in [5, 5.41) is 9.21. The van der Waals surface area contributed by atoms with Gasteiger partial charge in [-0.1, -0.05) is 58.7 Å². The van der Waals surface area contributed by atoms with Crippen LogP contribution in [0.1, 0.15) is 18.9 Å². The fraction of sp³-hybridized carbons (Fsp3) is 0.318. The highest BCUT2D eigenvalue weighted by molar-refractivity contribution is 14.1. The third kappa shape index (κ3) is 8.59. The van der Waals surface area contributed by atoms with Gasteiger partial charge in [-0.25, -0.2) is 4.79 Å². The van der Waals surface area contributed by atoms with Crippen LogP contribution in [0.15, 0.2) is 52.2 Å². The van der Waals surface area contributed by atoms with Crippen molar-refractivity contribution in [3.05, 3.63) is 61.3 Å². The van der Waals surface area contributed by atoms with Gasteiger partial charge in [-0.05, 0) is 85.5 Å². The quantitative estimate of drug-likeness (QED) is 0.212. The van der Waals surface area contributed by atoms with E-state index in [1.54, 1.807) is 6.92 Å². The second kappa shape index (κ2) is 12.3. The van der Waals surface area contributed by atoms with Gasteiger partial charge in [0.2, 0.25) is 0 Å². The first-order valence-electron chi connectivity index (χ1n) is 8.99. The molecule has 1 N–H and O–H groups in total. The summed E-state index contributed by atoms with van der Waals surface area (Å²) in [7, 11) is 0. The molecule has 1 aromatic carbocycles. The van der Waals surface area contributed by atoms with Crippen LogP contribution in [-0.2, 0) is 16.0 Å². The molecule has 0 radical (unpaired) electrons. The Labute approximate surface area is 212 Å². The number of carboxylic acid groups (broad SMARTS) is 1. The van der Waals surface area contributed by atoms with Crippen LogP contribution in [0, 0.1) is 15.4 Å². The van der Waals surface area contributed by atoms with E-state index in [4.69, 9.17) is 9.47 Å². The predicted octanol–water partition coefficient (Wildman–Crippen LogP) is 5.71. The van der Waals surface area contributed by atoms with Crippen LogP contribution in [0.5, 0.6) is 5.75 Å². The summed E-state index contributed by atoms with van der Waals surface area (Å²) in [5.74, 6) is 6.19. The van der Waals surface area contributed by atoms with Gasteiger partial charge in [0.05, 0.1) is 3.57 Å². The van der Waals surface area contributed by atoms with E-state index in [2.05, 4.69) is 97.8 Å². The largest absolute Gasteiger partial charge is 0.488 e. The maximum Gasteiger partial charge on any atom is 0.333 e. The van der Waals surface area contributed by atoms with E-state index >= 15 is 0 Å². The average Bonchev–Trinajstić information content (AvgIpc) is 2.65. The van der Waals surface area contributed by atoms with Crippen molar-refractivity contribution in [2.75, 3.05) is 13.2 Å². The Morgan fingerprint density at radius 3 is 2.86 bits per heavy atom. The Kier molecular flexibility index (Phi) is 10.5. The second-order valence-corrected chi connectivity index (χ2v) is 10.7. The van der Waals surface area contributed by atoms with Crippen molar-refractivity contribution >= 4 is 73.7 Å². The number of carbonyl (C=O) groups is 1. The molecular weight excluding hydrogens is 709 g/mol. The zero-order valence-corrected chi connectivity index (χ0v) is 22.3. The van der Waals surface area contributed by atoms with E-state index in [0.29, 0.717) is 19.6 Å². The summed E-state index contributed by atoms with van der Waals surface area (Å²) < 4.78 is 13.2. The number of hydrogen-bond acceptors (Lipinski definition) is 3. The number of rotatable bonds is 8. The molecule has 0 saturated carbocycles. The highest BCUT2D eigenvalue weighted by Crippen LogP contribution is 2.34. The van der Waals surface area contributed by atoms with E-state index in [1.807, 2.05) is 30.4 Å². The highest BCUT2D eigenvalue weighted by atomic mass is 127. The molecule has 0 aliphatic heterocycles. The van der Waals surface area contributed by atoms with Crippen LogP contribution in [0.3, 0.4) is 0 Å². The Bertz CT molecular complexity index is 880. The fourth-order valence-corrected chi connectivity index (χ4v) is 5.63. The molecule has 0 spiro atoms. The van der Waals surface area contributed by atoms with Crippen LogP contribution < -0.4 is 4.74 Å². The molecule has 4 nitrogen and oxygen atoms in total. The van der Waals surface area contributed by atoms with Gasteiger partial charge < -0.3 is 14.6 Å². The van der Waals surface area contributed by atoms with Gasteiger partial charge in [-0.3, -0.25) is 0 Å². The van der Waals surface area contributed by atoms with Crippen LogP contribution in [0.25, 0.3) is 0 Å². The monoisotopic (exact) mass is 730 g/mol. The summed E-state index contributed by atoms with van der Waals surface area (Å²) in [6.45, 7) is 2.58. The SMILES string of the molecule is CCO[C@@H](Cc1ccc(OC/C=C/C#CC2(I)C=CC=C(I)C2)c(I)c1)C(=O)O. The van der Waals surface area contributed by atoms with Gasteiger partial charge in [-0.2, -0.15) is 0 Å². The maximum absolute atomic E-state index is 11.2. The van der Waals surface area contributed by atoms with Crippen LogP contribution in [0.4, 0.5) is 0 Å². The number of ether oxygens (including phenoxy) is 2. The van der Waals surface area contributed by atoms with Gasteiger partial charge in [0, 0.05) is 19.4 Å². The van der Waals surface area contributed by atoms with E-state index in [-0.39, 0.29) is 3.42 Å². The zero-order valence-electron chi connectivity index (χ0n) is 15.8. The second-order valence-electron chi connectivity index (χ2n) is 6.25. The summed E-state index contributed by atoms with van der Waals surface area (Å²) in [6, 6.07) is 5.67. The number of benzene rings is 1. The molecule has 2 atom stereocenters. The molecule has 1 unspecified atom stereocenters. The van der Waals surface area contributed by atoms with Gasteiger partial charge in [0.15, 0.2) is 6.10 Å². The lowest BCUT2D eigenvalue weighted by Gasteiger charge is -2.19. The summed E-state index contributed by atoms with van der Waals surface area (Å²) >= 11 is 6.92. The summed E-state index contributed by atoms with van der Waals surface area (Å²) in [5.41, 5.74) is 0.903. The molecule has 154 valence electrons. The third-order valence-corrected chi connectivity index (χ3v) is 6.54. The lowest BCUT2D eigenvalue weighted by atomic mass is 10.0. The topological polar surface area (TPSA) is 55.8 Å². The number of allylic oxidation sites excluding steroid dienone is 5. The molecule has 1 aliphatic carbocycles. The van der Waals surface area contributed by atoms with Gasteiger partial charge in [0.25, 0.3) is 0 Å². The van der Waals surface area contributed by atoms with E-state index in [1.165, 1.54) is 3.58 Å². The predicted molar refractivity (Wildman–Crippen MR) is 141 cm³/mol. The number of aliphatic carboxylic acids is 1. The van der Waals surface area contributed by atoms with Crippen molar-refractivity contribution in [3.63, 3.8) is 0 Å². The molecule has 7 heteroatoms. The minimum atomic E-state index is -0.948. The third-order valence-electron chi connectivity index (χ3n) is 3.94. The first-order valence-corrected chi connectivity index (χ1v) is 12.2. The molecule has 0 bridgehead atoms. The van der Waals surface area contributed by atoms with Crippen LogP contribution >= 0.6 is 67.8 Å². The Hall–Kier alpha value is -0.580. The molecule has 0 saturated heterocycles. The average molecular weight is 730 g/mol. The minimum Gasteiger partial charge on any atom is -0.488 e. The van der Waals surface area contributed by atoms with Crippen molar-refractivity contribution in [1.82, 2.24) is 0 Å². The summed E-state index contributed by atoms with van der Waals surface area (Å²) in [6.07, 6.45) is 10.4. The minimum absolute atomic E-state index is 0.144. The molecule has 0 fully saturated rings. The molecule has 1 aliphatic rings. The fourth-order valence-electron chi connectivity index (χ4n) is 2.58. The maximum atomic E-state index is 11.2. The Balaban J connectivity index is 1.88. The number of carboxylic acids is 1. The lowest BCUT2D eigenvalue weighted by Crippen LogP contribution is -2.26. The first-order chi connectivity index (χ1) is 13.8. The van der Waals surface area contributed by atoms with E-state index in [9.17, 15) is 9.90 Å². The van der Waals surface area contributed by atoms with Crippen molar-refractivity contribution in [1.29, 1.82) is 0 Å². The van der Waals surface area contributed by atoms with Crippen LogP contribution in [0.2, 0.25) is 0 Å². The van der Waals surface area contributed by atoms with Crippen molar-refractivity contribution in [3.8, 4) is 17.6 Å². The molecule has 29 heavy (non-hydrogen) atoms. The van der Waals surface area contributed by atoms with E-state index < -0.39 is 12.1 Å². The lowest BCUT2D eigenvalue weighted by molar-refractivity contribution is -0.149. The van der Waals surface area contributed by atoms with E-state index in [0.717, 1.165) is 21.3 Å². The molecular formula is C22H21I3O4. The molecule has 0 heterocycles.